The van der Waals surface area contributed by atoms with E-state index in [4.69, 9.17) is 5.11 Å². The summed E-state index contributed by atoms with van der Waals surface area (Å²) in [7, 11) is 1.73. The Kier molecular flexibility index (Phi) is 3.18. The summed E-state index contributed by atoms with van der Waals surface area (Å²) in [6.07, 6.45) is 0. The van der Waals surface area contributed by atoms with Gasteiger partial charge in [-0.25, -0.2) is 9.18 Å². The zero-order valence-electron chi connectivity index (χ0n) is 9.54. The molecule has 1 aromatic heterocycles. The highest BCUT2D eigenvalue weighted by molar-refractivity contribution is 5.85. The molecule has 0 aliphatic carbocycles. The lowest BCUT2D eigenvalue weighted by atomic mass is 10.3. The Bertz CT molecular complexity index is 555. The number of aromatic nitrogens is 2. The molecule has 18 heavy (non-hydrogen) atoms. The summed E-state index contributed by atoms with van der Waals surface area (Å²) in [6.45, 7) is 0. The number of aromatic carboxylic acids is 1. The molecular formula is C12H10FN3O2. The quantitative estimate of drug-likeness (QED) is 0.899. The molecule has 6 heteroatoms. The van der Waals surface area contributed by atoms with E-state index in [1.165, 1.54) is 18.2 Å². The first kappa shape index (κ1) is 12.0. The zero-order chi connectivity index (χ0) is 13.1. The second kappa shape index (κ2) is 4.79. The maximum Gasteiger partial charge on any atom is 0.356 e. The SMILES string of the molecule is CN(c1ccc(F)cc1)c1ccc(C(=O)O)nn1. The molecule has 2 aromatic rings. The topological polar surface area (TPSA) is 66.3 Å². The van der Waals surface area contributed by atoms with Crippen molar-refractivity contribution in [3.05, 3.63) is 47.9 Å². The molecule has 0 bridgehead atoms. The molecule has 0 aliphatic heterocycles. The fourth-order valence-electron chi connectivity index (χ4n) is 1.42. The van der Waals surface area contributed by atoms with Gasteiger partial charge in [0.15, 0.2) is 11.5 Å². The Hall–Kier alpha value is -2.50. The zero-order valence-corrected chi connectivity index (χ0v) is 9.54. The van der Waals surface area contributed by atoms with E-state index >= 15 is 0 Å². The van der Waals surface area contributed by atoms with Crippen molar-refractivity contribution in [1.29, 1.82) is 0 Å². The molecule has 0 fully saturated rings. The summed E-state index contributed by atoms with van der Waals surface area (Å²) in [6, 6.07) is 8.78. The minimum absolute atomic E-state index is 0.119. The Balaban J connectivity index is 2.25. The van der Waals surface area contributed by atoms with Crippen molar-refractivity contribution in [3.8, 4) is 0 Å². The fourth-order valence-corrected chi connectivity index (χ4v) is 1.42. The third-order valence-electron chi connectivity index (χ3n) is 2.43. The maximum absolute atomic E-state index is 12.8. The molecule has 0 unspecified atom stereocenters. The number of carbonyl (C=O) groups is 1. The van der Waals surface area contributed by atoms with Crippen LogP contribution < -0.4 is 4.90 Å². The van der Waals surface area contributed by atoms with Gasteiger partial charge in [-0.2, -0.15) is 0 Å². The van der Waals surface area contributed by atoms with Crippen LogP contribution in [-0.2, 0) is 0 Å². The van der Waals surface area contributed by atoms with Crippen LogP contribution in [0.4, 0.5) is 15.9 Å². The van der Waals surface area contributed by atoms with Crippen molar-refractivity contribution in [1.82, 2.24) is 10.2 Å². The first-order chi connectivity index (χ1) is 8.58. The fraction of sp³-hybridized carbons (Fsp3) is 0.0833. The molecule has 0 amide bonds. The van der Waals surface area contributed by atoms with Gasteiger partial charge >= 0.3 is 5.97 Å². The third-order valence-corrected chi connectivity index (χ3v) is 2.43. The van der Waals surface area contributed by atoms with Crippen LogP contribution in [0.3, 0.4) is 0 Å². The summed E-state index contributed by atoms with van der Waals surface area (Å²) >= 11 is 0. The van der Waals surface area contributed by atoms with Crippen molar-refractivity contribution in [2.45, 2.75) is 0 Å². The molecule has 1 aromatic carbocycles. The number of rotatable bonds is 3. The first-order valence-corrected chi connectivity index (χ1v) is 5.14. The normalized spacial score (nSPS) is 10.1. The van der Waals surface area contributed by atoms with Gasteiger partial charge in [0.2, 0.25) is 0 Å². The van der Waals surface area contributed by atoms with E-state index in [9.17, 15) is 9.18 Å². The lowest BCUT2D eigenvalue weighted by Gasteiger charge is -2.17. The van der Waals surface area contributed by atoms with Gasteiger partial charge in [0.25, 0.3) is 0 Å². The molecule has 0 saturated heterocycles. The van der Waals surface area contributed by atoms with E-state index in [2.05, 4.69) is 10.2 Å². The van der Waals surface area contributed by atoms with E-state index in [0.717, 1.165) is 5.69 Å². The largest absolute Gasteiger partial charge is 0.476 e. The molecule has 0 radical (unpaired) electrons. The minimum Gasteiger partial charge on any atom is -0.476 e. The first-order valence-electron chi connectivity index (χ1n) is 5.14. The lowest BCUT2D eigenvalue weighted by molar-refractivity contribution is 0.0689. The van der Waals surface area contributed by atoms with Gasteiger partial charge in [-0.05, 0) is 36.4 Å². The average Bonchev–Trinajstić information content (AvgIpc) is 2.39. The summed E-state index contributed by atoms with van der Waals surface area (Å²) in [5.41, 5.74) is 0.611. The number of hydrogen-bond donors (Lipinski definition) is 1. The Morgan fingerprint density at radius 1 is 1.17 bits per heavy atom. The number of benzene rings is 1. The van der Waals surface area contributed by atoms with Crippen LogP contribution in [0.2, 0.25) is 0 Å². The number of halogens is 1. The molecule has 1 N–H and O–H groups in total. The molecule has 0 spiro atoms. The number of nitrogens with zero attached hydrogens (tertiary/aromatic N) is 3. The van der Waals surface area contributed by atoms with Gasteiger partial charge in [-0.15, -0.1) is 10.2 Å². The molecule has 92 valence electrons. The summed E-state index contributed by atoms with van der Waals surface area (Å²) < 4.78 is 12.8. The van der Waals surface area contributed by atoms with Crippen molar-refractivity contribution < 1.29 is 14.3 Å². The summed E-state index contributed by atoms with van der Waals surface area (Å²) in [5, 5.41) is 16.1. The number of carboxylic acid groups (broad SMARTS) is 1. The van der Waals surface area contributed by atoms with Gasteiger partial charge in [0.1, 0.15) is 5.82 Å². The standard InChI is InChI=1S/C12H10FN3O2/c1-16(9-4-2-8(13)3-5-9)11-7-6-10(12(17)18)14-15-11/h2-7H,1H3,(H,17,18). The van der Waals surface area contributed by atoms with Crippen LogP contribution in [0.5, 0.6) is 0 Å². The summed E-state index contributed by atoms with van der Waals surface area (Å²) in [5.74, 6) is -0.968. The van der Waals surface area contributed by atoms with Gasteiger partial charge < -0.3 is 10.0 Å². The molecule has 0 saturated carbocycles. The van der Waals surface area contributed by atoms with Crippen LogP contribution in [0, 0.1) is 5.82 Å². The Morgan fingerprint density at radius 3 is 2.33 bits per heavy atom. The van der Waals surface area contributed by atoms with E-state index in [0.29, 0.717) is 5.82 Å². The lowest BCUT2D eigenvalue weighted by Crippen LogP contribution is -2.13. The highest BCUT2D eigenvalue weighted by Crippen LogP contribution is 2.20. The van der Waals surface area contributed by atoms with Crippen LogP contribution in [0.1, 0.15) is 10.5 Å². The summed E-state index contributed by atoms with van der Waals surface area (Å²) in [4.78, 5) is 12.3. The van der Waals surface area contributed by atoms with Crippen LogP contribution >= 0.6 is 0 Å². The average molecular weight is 247 g/mol. The minimum atomic E-state index is -1.13. The maximum atomic E-state index is 12.8. The monoisotopic (exact) mass is 247 g/mol. The predicted octanol–water partition coefficient (Wildman–Crippen LogP) is 2.08. The van der Waals surface area contributed by atoms with Crippen molar-refractivity contribution in [2.75, 3.05) is 11.9 Å². The highest BCUT2D eigenvalue weighted by atomic mass is 19.1. The van der Waals surface area contributed by atoms with Crippen molar-refractivity contribution in [2.24, 2.45) is 0 Å². The van der Waals surface area contributed by atoms with Gasteiger partial charge in [-0.1, -0.05) is 0 Å². The number of carboxylic acids is 1. The smallest absolute Gasteiger partial charge is 0.356 e. The second-order valence-corrected chi connectivity index (χ2v) is 3.62. The van der Waals surface area contributed by atoms with Crippen LogP contribution in [0.15, 0.2) is 36.4 Å². The highest BCUT2D eigenvalue weighted by Gasteiger charge is 2.09. The van der Waals surface area contributed by atoms with E-state index < -0.39 is 5.97 Å². The van der Waals surface area contributed by atoms with E-state index in [1.54, 1.807) is 30.1 Å². The van der Waals surface area contributed by atoms with E-state index in [-0.39, 0.29) is 11.5 Å². The van der Waals surface area contributed by atoms with Gasteiger partial charge in [0.05, 0.1) is 0 Å². The predicted molar refractivity (Wildman–Crippen MR) is 63.5 cm³/mol. The Morgan fingerprint density at radius 2 is 1.83 bits per heavy atom. The second-order valence-electron chi connectivity index (χ2n) is 3.62. The van der Waals surface area contributed by atoms with Crippen LogP contribution in [-0.4, -0.2) is 28.3 Å². The molecule has 0 aliphatic rings. The Labute approximate surface area is 103 Å². The van der Waals surface area contributed by atoms with Gasteiger partial charge in [-0.3, -0.25) is 0 Å². The molecule has 0 atom stereocenters. The van der Waals surface area contributed by atoms with Crippen molar-refractivity contribution in [3.63, 3.8) is 0 Å². The van der Waals surface area contributed by atoms with E-state index in [1.807, 2.05) is 0 Å². The molecule has 2 rings (SSSR count). The number of hydrogen-bond acceptors (Lipinski definition) is 4. The third kappa shape index (κ3) is 2.42. The molecule has 1 heterocycles. The van der Waals surface area contributed by atoms with Crippen molar-refractivity contribution >= 4 is 17.5 Å². The molecular weight excluding hydrogens is 237 g/mol. The van der Waals surface area contributed by atoms with Crippen LogP contribution in [0.25, 0.3) is 0 Å². The molecule has 5 nitrogen and oxygen atoms in total. The number of anilines is 2. The van der Waals surface area contributed by atoms with Gasteiger partial charge in [0, 0.05) is 12.7 Å².